The van der Waals surface area contributed by atoms with Gasteiger partial charge in [-0.05, 0) is 30.9 Å². The maximum Gasteiger partial charge on any atom is 0.0774 e. The van der Waals surface area contributed by atoms with Gasteiger partial charge in [-0.3, -0.25) is 0 Å². The second-order valence-electron chi connectivity index (χ2n) is 5.85. The number of benzene rings is 1. The maximum absolute atomic E-state index is 10.6. The molecule has 0 aromatic heterocycles. The molecular formula is C15H20Cl3NO. The molecule has 0 aliphatic heterocycles. The van der Waals surface area contributed by atoms with Crippen molar-refractivity contribution in [3.05, 3.63) is 32.8 Å². The van der Waals surface area contributed by atoms with Crippen molar-refractivity contribution >= 4 is 34.8 Å². The Morgan fingerprint density at radius 1 is 1.30 bits per heavy atom. The van der Waals surface area contributed by atoms with E-state index in [0.29, 0.717) is 34.1 Å². The highest BCUT2D eigenvalue weighted by molar-refractivity contribution is 6.44. The molecule has 1 aliphatic carbocycles. The van der Waals surface area contributed by atoms with E-state index in [1.807, 2.05) is 0 Å². The van der Waals surface area contributed by atoms with Crippen LogP contribution < -0.4 is 5.32 Å². The second kappa shape index (κ2) is 6.85. The van der Waals surface area contributed by atoms with E-state index >= 15 is 0 Å². The normalized spacial score (nSPS) is 26.8. The van der Waals surface area contributed by atoms with Crippen molar-refractivity contribution in [3.63, 3.8) is 0 Å². The van der Waals surface area contributed by atoms with Gasteiger partial charge in [-0.15, -0.1) is 0 Å². The molecule has 112 valence electrons. The van der Waals surface area contributed by atoms with Crippen LogP contribution in [0.3, 0.4) is 0 Å². The van der Waals surface area contributed by atoms with Gasteiger partial charge in [0.25, 0.3) is 0 Å². The van der Waals surface area contributed by atoms with E-state index in [1.165, 1.54) is 6.42 Å². The van der Waals surface area contributed by atoms with Crippen LogP contribution in [0.5, 0.6) is 0 Å². The van der Waals surface area contributed by atoms with Gasteiger partial charge in [0.15, 0.2) is 0 Å². The van der Waals surface area contributed by atoms with E-state index in [4.69, 9.17) is 34.8 Å². The van der Waals surface area contributed by atoms with E-state index in [1.54, 1.807) is 12.1 Å². The summed E-state index contributed by atoms with van der Waals surface area (Å²) < 4.78 is 0. The van der Waals surface area contributed by atoms with E-state index < -0.39 is 5.60 Å². The number of hydrogen-bond acceptors (Lipinski definition) is 2. The molecule has 0 saturated heterocycles. The Hall–Kier alpha value is 0.01000. The molecule has 20 heavy (non-hydrogen) atoms. The van der Waals surface area contributed by atoms with Gasteiger partial charge < -0.3 is 10.4 Å². The van der Waals surface area contributed by atoms with Crippen LogP contribution >= 0.6 is 34.8 Å². The molecule has 0 bridgehead atoms. The highest BCUT2D eigenvalue weighted by atomic mass is 35.5. The zero-order valence-electron chi connectivity index (χ0n) is 11.6. The number of rotatable bonds is 4. The number of halogens is 3. The Balaban J connectivity index is 1.95. The lowest BCUT2D eigenvalue weighted by Crippen LogP contribution is -2.43. The molecule has 2 nitrogen and oxygen atoms in total. The summed E-state index contributed by atoms with van der Waals surface area (Å²) in [4.78, 5) is 0. The molecular weight excluding hydrogens is 317 g/mol. The summed E-state index contributed by atoms with van der Waals surface area (Å²) in [6.45, 7) is 3.25. The lowest BCUT2D eigenvalue weighted by atomic mass is 9.79. The van der Waals surface area contributed by atoms with Crippen molar-refractivity contribution in [2.24, 2.45) is 5.92 Å². The third-order valence-corrected chi connectivity index (χ3v) is 5.16. The molecule has 1 fully saturated rings. The first-order chi connectivity index (χ1) is 9.41. The third-order valence-electron chi connectivity index (χ3n) is 3.96. The predicted octanol–water partition coefficient (Wildman–Crippen LogP) is 4.68. The van der Waals surface area contributed by atoms with Gasteiger partial charge >= 0.3 is 0 Å². The first-order valence-electron chi connectivity index (χ1n) is 6.97. The van der Waals surface area contributed by atoms with Gasteiger partial charge in [0, 0.05) is 23.7 Å². The fourth-order valence-corrected chi connectivity index (χ4v) is 3.63. The molecule has 2 unspecified atom stereocenters. The van der Waals surface area contributed by atoms with E-state index in [0.717, 1.165) is 24.8 Å². The molecule has 1 aromatic rings. The Labute approximate surface area is 135 Å². The van der Waals surface area contributed by atoms with Crippen molar-refractivity contribution in [1.82, 2.24) is 5.32 Å². The molecule has 1 aromatic carbocycles. The van der Waals surface area contributed by atoms with Gasteiger partial charge in [0.2, 0.25) is 0 Å². The molecule has 2 N–H and O–H groups in total. The summed E-state index contributed by atoms with van der Waals surface area (Å²) in [5.74, 6) is 0.578. The van der Waals surface area contributed by atoms with Gasteiger partial charge in [0.05, 0.1) is 15.6 Å². The standard InChI is InChI=1S/C15H20Cl3NO/c1-10-3-2-6-15(20,7-10)9-19-8-11-12(16)4-5-13(17)14(11)18/h4-5,10,19-20H,2-3,6-9H2,1H3. The molecule has 0 spiro atoms. The van der Waals surface area contributed by atoms with Crippen molar-refractivity contribution < 1.29 is 5.11 Å². The largest absolute Gasteiger partial charge is 0.389 e. The average molecular weight is 337 g/mol. The summed E-state index contributed by atoms with van der Waals surface area (Å²) in [5.41, 5.74) is 0.170. The van der Waals surface area contributed by atoms with Crippen molar-refractivity contribution in [2.75, 3.05) is 6.54 Å². The SMILES string of the molecule is CC1CCCC(O)(CNCc2c(Cl)ccc(Cl)c2Cl)C1. The predicted molar refractivity (Wildman–Crippen MR) is 85.8 cm³/mol. The molecule has 0 radical (unpaired) electrons. The van der Waals surface area contributed by atoms with Gasteiger partial charge in [-0.25, -0.2) is 0 Å². The molecule has 0 heterocycles. The smallest absolute Gasteiger partial charge is 0.0774 e. The van der Waals surface area contributed by atoms with Crippen LogP contribution in [0.4, 0.5) is 0 Å². The zero-order chi connectivity index (χ0) is 14.8. The number of hydrogen-bond donors (Lipinski definition) is 2. The third kappa shape index (κ3) is 4.02. The Morgan fingerprint density at radius 3 is 2.70 bits per heavy atom. The number of nitrogens with one attached hydrogen (secondary N) is 1. The molecule has 5 heteroatoms. The van der Waals surface area contributed by atoms with Crippen molar-refractivity contribution in [1.29, 1.82) is 0 Å². The topological polar surface area (TPSA) is 32.3 Å². The molecule has 0 amide bonds. The van der Waals surface area contributed by atoms with Crippen LogP contribution in [0.25, 0.3) is 0 Å². The van der Waals surface area contributed by atoms with E-state index in [-0.39, 0.29) is 0 Å². The monoisotopic (exact) mass is 335 g/mol. The minimum absolute atomic E-state index is 0.482. The van der Waals surface area contributed by atoms with Gasteiger partial charge in [-0.1, -0.05) is 54.6 Å². The molecule has 2 atom stereocenters. The fraction of sp³-hybridized carbons (Fsp3) is 0.600. The van der Waals surface area contributed by atoms with Crippen LogP contribution in [0.2, 0.25) is 15.1 Å². The number of aliphatic hydroxyl groups is 1. The Bertz CT molecular complexity index is 480. The summed E-state index contributed by atoms with van der Waals surface area (Å²) in [5, 5.41) is 15.4. The van der Waals surface area contributed by atoms with Crippen LogP contribution in [-0.4, -0.2) is 17.3 Å². The van der Waals surface area contributed by atoms with Crippen LogP contribution in [0.1, 0.15) is 38.2 Å². The summed E-state index contributed by atoms with van der Waals surface area (Å²) in [6.07, 6.45) is 3.98. The average Bonchev–Trinajstić information content (AvgIpc) is 2.38. The summed E-state index contributed by atoms with van der Waals surface area (Å²) >= 11 is 18.3. The highest BCUT2D eigenvalue weighted by Crippen LogP contribution is 2.33. The zero-order valence-corrected chi connectivity index (χ0v) is 13.8. The van der Waals surface area contributed by atoms with Crippen LogP contribution in [0.15, 0.2) is 12.1 Å². The highest BCUT2D eigenvalue weighted by Gasteiger charge is 2.32. The summed E-state index contributed by atoms with van der Waals surface area (Å²) in [6, 6.07) is 3.43. The van der Waals surface area contributed by atoms with Crippen LogP contribution in [-0.2, 0) is 6.54 Å². The fourth-order valence-electron chi connectivity index (χ4n) is 2.94. The van der Waals surface area contributed by atoms with Crippen molar-refractivity contribution in [3.8, 4) is 0 Å². The van der Waals surface area contributed by atoms with E-state index in [2.05, 4.69) is 12.2 Å². The van der Waals surface area contributed by atoms with E-state index in [9.17, 15) is 5.11 Å². The molecule has 2 rings (SSSR count). The maximum atomic E-state index is 10.6. The first kappa shape index (κ1) is 16.4. The Morgan fingerprint density at radius 2 is 2.00 bits per heavy atom. The quantitative estimate of drug-likeness (QED) is 0.783. The molecule has 1 saturated carbocycles. The Kier molecular flexibility index (Phi) is 5.61. The minimum Gasteiger partial charge on any atom is -0.389 e. The lowest BCUT2D eigenvalue weighted by molar-refractivity contribution is -0.0119. The van der Waals surface area contributed by atoms with Gasteiger partial charge in [-0.2, -0.15) is 0 Å². The van der Waals surface area contributed by atoms with Crippen LogP contribution in [0, 0.1) is 5.92 Å². The lowest BCUT2D eigenvalue weighted by Gasteiger charge is -2.35. The minimum atomic E-state index is -0.616. The second-order valence-corrected chi connectivity index (χ2v) is 7.04. The molecule has 1 aliphatic rings. The first-order valence-corrected chi connectivity index (χ1v) is 8.10. The van der Waals surface area contributed by atoms with Crippen molar-refractivity contribution in [2.45, 2.75) is 44.8 Å². The summed E-state index contributed by atoms with van der Waals surface area (Å²) in [7, 11) is 0. The van der Waals surface area contributed by atoms with Gasteiger partial charge in [0.1, 0.15) is 0 Å².